The predicted molar refractivity (Wildman–Crippen MR) is 110 cm³/mol. The molecule has 0 aromatic carbocycles. The minimum atomic E-state index is -0.124. The second kappa shape index (κ2) is 8.79. The van der Waals surface area contributed by atoms with Gasteiger partial charge in [-0.25, -0.2) is 9.97 Å². The van der Waals surface area contributed by atoms with Gasteiger partial charge in [-0.1, -0.05) is 13.3 Å². The van der Waals surface area contributed by atoms with Crippen molar-refractivity contribution >= 4 is 11.6 Å². The minimum absolute atomic E-state index is 0.124. The average molecular weight is 401 g/mol. The zero-order valence-corrected chi connectivity index (χ0v) is 17.7. The Bertz CT molecular complexity index is 851. The summed E-state index contributed by atoms with van der Waals surface area (Å²) < 4.78 is 13.2. The van der Waals surface area contributed by atoms with Crippen molar-refractivity contribution in [3.05, 3.63) is 29.5 Å². The Kier molecular flexibility index (Phi) is 6.15. The molecule has 4 atom stereocenters. The van der Waals surface area contributed by atoms with E-state index >= 15 is 0 Å². The maximum absolute atomic E-state index is 13.1. The fourth-order valence-electron chi connectivity index (χ4n) is 5.05. The van der Waals surface area contributed by atoms with Gasteiger partial charge in [0.25, 0.3) is 5.91 Å². The molecule has 158 valence electrons. The Morgan fingerprint density at radius 1 is 1.31 bits per heavy atom. The van der Waals surface area contributed by atoms with E-state index in [1.54, 1.807) is 13.4 Å². The van der Waals surface area contributed by atoms with E-state index in [4.69, 9.17) is 9.47 Å². The van der Waals surface area contributed by atoms with Crippen LogP contribution in [0.4, 0.5) is 0 Å². The largest absolute Gasteiger partial charge is 0.378 e. The van der Waals surface area contributed by atoms with Crippen LogP contribution in [-0.4, -0.2) is 46.1 Å². The summed E-state index contributed by atoms with van der Waals surface area (Å²) in [5.41, 5.74) is 2.78. The third kappa shape index (κ3) is 4.16. The van der Waals surface area contributed by atoms with Crippen molar-refractivity contribution in [2.75, 3.05) is 13.7 Å². The van der Waals surface area contributed by atoms with Gasteiger partial charge in [-0.05, 0) is 56.9 Å². The smallest absolute Gasteiger partial charge is 0.274 e. The topological polar surface area (TPSA) is 77.8 Å². The molecule has 2 aromatic heterocycles. The molecule has 1 unspecified atom stereocenters. The van der Waals surface area contributed by atoms with Crippen molar-refractivity contribution < 1.29 is 14.3 Å². The molecule has 2 heterocycles. The van der Waals surface area contributed by atoms with Crippen molar-refractivity contribution in [3.8, 4) is 0 Å². The summed E-state index contributed by atoms with van der Waals surface area (Å²) in [7, 11) is 1.66. The van der Waals surface area contributed by atoms with Crippen molar-refractivity contribution in [1.82, 2.24) is 19.7 Å². The monoisotopic (exact) mass is 400 g/mol. The van der Waals surface area contributed by atoms with E-state index in [1.165, 1.54) is 12.8 Å². The van der Waals surface area contributed by atoms with Gasteiger partial charge in [-0.2, -0.15) is 0 Å². The van der Waals surface area contributed by atoms with Crippen molar-refractivity contribution in [2.45, 2.75) is 71.1 Å². The zero-order chi connectivity index (χ0) is 20.4. The number of nitrogens with zero attached hydrogens (tertiary/aromatic N) is 3. The van der Waals surface area contributed by atoms with Crippen LogP contribution in [0.25, 0.3) is 5.65 Å². The Balaban J connectivity index is 1.47. The van der Waals surface area contributed by atoms with E-state index in [2.05, 4.69) is 22.2 Å². The van der Waals surface area contributed by atoms with Gasteiger partial charge in [0.15, 0.2) is 11.3 Å². The summed E-state index contributed by atoms with van der Waals surface area (Å²) in [5.74, 6) is 0.870. The van der Waals surface area contributed by atoms with Crippen LogP contribution in [0.2, 0.25) is 0 Å². The lowest BCUT2D eigenvalue weighted by molar-refractivity contribution is -0.00121. The lowest BCUT2D eigenvalue weighted by Crippen LogP contribution is -2.46. The SMILES string of the molecule is CCCCO[C@H]1CC2CC[C@@H](C1)[C@H]2NC(=O)c1ncn2c(COC)cc(C)nc12. The van der Waals surface area contributed by atoms with Crippen molar-refractivity contribution in [2.24, 2.45) is 11.8 Å². The molecule has 29 heavy (non-hydrogen) atoms. The van der Waals surface area contributed by atoms with E-state index in [0.717, 1.165) is 43.7 Å². The van der Waals surface area contributed by atoms with Crippen LogP contribution in [0.1, 0.15) is 67.3 Å². The first kappa shape index (κ1) is 20.3. The molecule has 2 aliphatic rings. The number of imidazole rings is 1. The maximum Gasteiger partial charge on any atom is 0.274 e. The number of methoxy groups -OCH3 is 1. The molecular formula is C22H32N4O3. The molecule has 0 spiro atoms. The first-order valence-corrected chi connectivity index (χ1v) is 10.9. The van der Waals surface area contributed by atoms with Crippen LogP contribution in [0, 0.1) is 18.8 Å². The van der Waals surface area contributed by atoms with E-state index < -0.39 is 0 Å². The molecule has 2 fully saturated rings. The molecule has 0 saturated heterocycles. The van der Waals surface area contributed by atoms with Gasteiger partial charge in [0.05, 0.1) is 18.4 Å². The normalized spacial score (nSPS) is 26.2. The number of rotatable bonds is 8. The Hall–Kier alpha value is -1.99. The van der Waals surface area contributed by atoms with E-state index in [0.29, 0.717) is 35.9 Å². The third-order valence-electron chi connectivity index (χ3n) is 6.42. The number of fused-ring (bicyclic) bond motifs is 3. The molecule has 2 bridgehead atoms. The summed E-state index contributed by atoms with van der Waals surface area (Å²) in [6.07, 6.45) is 8.73. The fraction of sp³-hybridized carbons (Fsp3) is 0.682. The minimum Gasteiger partial charge on any atom is -0.378 e. The highest BCUT2D eigenvalue weighted by Crippen LogP contribution is 2.43. The molecule has 2 saturated carbocycles. The molecule has 0 aliphatic heterocycles. The standard InChI is InChI=1S/C22H32N4O3/c1-4-5-8-29-18-10-15-6-7-16(11-18)19(15)25-22(27)20-21-24-14(2)9-17(12-28-3)26(21)13-23-20/h9,13,15-16,18-19H,4-8,10-12H2,1-3H3,(H,25,27)/t15-,16?,18+,19+/m0/s1. The van der Waals surface area contributed by atoms with Crippen LogP contribution >= 0.6 is 0 Å². The molecule has 4 rings (SSSR count). The number of carbonyl (C=O) groups excluding carboxylic acids is 1. The second-order valence-corrected chi connectivity index (χ2v) is 8.52. The predicted octanol–water partition coefficient (Wildman–Crippen LogP) is 3.29. The number of carbonyl (C=O) groups is 1. The number of nitrogens with one attached hydrogen (secondary N) is 1. The lowest BCUT2D eigenvalue weighted by atomic mass is 9.82. The third-order valence-corrected chi connectivity index (χ3v) is 6.42. The molecule has 0 radical (unpaired) electrons. The van der Waals surface area contributed by atoms with Crippen molar-refractivity contribution in [3.63, 3.8) is 0 Å². The van der Waals surface area contributed by atoms with Gasteiger partial charge in [0.2, 0.25) is 0 Å². The summed E-state index contributed by atoms with van der Waals surface area (Å²) in [4.78, 5) is 22.0. The number of amides is 1. The Morgan fingerprint density at radius 3 is 2.76 bits per heavy atom. The molecular weight excluding hydrogens is 368 g/mol. The van der Waals surface area contributed by atoms with Gasteiger partial charge in [0, 0.05) is 25.5 Å². The van der Waals surface area contributed by atoms with Crippen LogP contribution in [-0.2, 0) is 16.1 Å². The number of aryl methyl sites for hydroxylation is 1. The fourth-order valence-corrected chi connectivity index (χ4v) is 5.05. The summed E-state index contributed by atoms with van der Waals surface area (Å²) >= 11 is 0. The molecule has 7 heteroatoms. The highest BCUT2D eigenvalue weighted by Gasteiger charge is 2.44. The highest BCUT2D eigenvalue weighted by molar-refractivity contribution is 5.98. The van der Waals surface area contributed by atoms with E-state index in [1.807, 2.05) is 17.4 Å². The molecule has 7 nitrogen and oxygen atoms in total. The molecule has 2 aromatic rings. The van der Waals surface area contributed by atoms with Crippen molar-refractivity contribution in [1.29, 1.82) is 0 Å². The lowest BCUT2D eigenvalue weighted by Gasteiger charge is -2.35. The van der Waals surface area contributed by atoms with E-state index in [-0.39, 0.29) is 11.9 Å². The Morgan fingerprint density at radius 2 is 2.07 bits per heavy atom. The molecule has 1 N–H and O–H groups in total. The number of aromatic nitrogens is 3. The first-order chi connectivity index (χ1) is 14.1. The van der Waals surface area contributed by atoms with Crippen LogP contribution < -0.4 is 5.32 Å². The summed E-state index contributed by atoms with van der Waals surface area (Å²) in [6.45, 7) is 5.41. The number of hydrogen-bond donors (Lipinski definition) is 1. The number of unbranched alkanes of at least 4 members (excludes halogenated alkanes) is 1. The van der Waals surface area contributed by atoms with Gasteiger partial charge < -0.3 is 14.8 Å². The molecule has 1 amide bonds. The first-order valence-electron chi connectivity index (χ1n) is 10.9. The average Bonchev–Trinajstić information content (AvgIpc) is 3.20. The van der Waals surface area contributed by atoms with Gasteiger partial charge in [-0.15, -0.1) is 0 Å². The van der Waals surface area contributed by atoms with Gasteiger partial charge in [-0.3, -0.25) is 9.20 Å². The second-order valence-electron chi connectivity index (χ2n) is 8.52. The van der Waals surface area contributed by atoms with Crippen LogP contribution in [0.5, 0.6) is 0 Å². The van der Waals surface area contributed by atoms with Crippen LogP contribution in [0.15, 0.2) is 12.4 Å². The highest BCUT2D eigenvalue weighted by atomic mass is 16.5. The number of ether oxygens (including phenoxy) is 2. The zero-order valence-electron chi connectivity index (χ0n) is 17.7. The van der Waals surface area contributed by atoms with Gasteiger partial charge >= 0.3 is 0 Å². The summed E-state index contributed by atoms with van der Waals surface area (Å²) in [5, 5.41) is 3.29. The van der Waals surface area contributed by atoms with E-state index in [9.17, 15) is 4.79 Å². The quantitative estimate of drug-likeness (QED) is 0.688. The van der Waals surface area contributed by atoms with Crippen LogP contribution in [0.3, 0.4) is 0 Å². The maximum atomic E-state index is 13.1. The molecule has 2 aliphatic carbocycles. The Labute approximate surface area is 172 Å². The summed E-state index contributed by atoms with van der Waals surface area (Å²) in [6, 6.07) is 2.17. The number of hydrogen-bond acceptors (Lipinski definition) is 5. The van der Waals surface area contributed by atoms with Gasteiger partial charge in [0.1, 0.15) is 6.33 Å².